The Bertz CT molecular complexity index is 828. The Morgan fingerprint density at radius 3 is 1.67 bits per heavy atom. The summed E-state index contributed by atoms with van der Waals surface area (Å²) in [6, 6.07) is 25.2. The van der Waals surface area contributed by atoms with E-state index in [0.717, 1.165) is 6.42 Å². The number of para-hydroxylation sites is 1. The van der Waals surface area contributed by atoms with Gasteiger partial charge in [0.15, 0.2) is 0 Å². The van der Waals surface area contributed by atoms with Crippen LogP contribution in [0.1, 0.15) is 11.1 Å². The molecule has 0 saturated carbocycles. The molecule has 1 aliphatic carbocycles. The number of rotatable bonds is 2. The Morgan fingerprint density at radius 2 is 1.17 bits per heavy atom. The van der Waals surface area contributed by atoms with Crippen LogP contribution in [0.25, 0.3) is 11.1 Å². The Morgan fingerprint density at radius 1 is 0.708 bits per heavy atom. The van der Waals surface area contributed by atoms with Crippen molar-refractivity contribution < 1.29 is 18.9 Å². The molecule has 0 aromatic heterocycles. The van der Waals surface area contributed by atoms with Gasteiger partial charge in [-0.15, -0.1) is 0 Å². The molecule has 0 atom stereocenters. The van der Waals surface area contributed by atoms with E-state index in [9.17, 15) is 4.57 Å². The molecule has 0 radical (unpaired) electrons. The van der Waals surface area contributed by atoms with Crippen molar-refractivity contribution in [3.8, 4) is 16.9 Å². The summed E-state index contributed by atoms with van der Waals surface area (Å²) in [5.74, 6) is 0.167. The third kappa shape index (κ3) is 4.12. The zero-order valence-electron chi connectivity index (χ0n) is 12.9. The number of benzene rings is 3. The molecule has 4 rings (SSSR count). The monoisotopic (exact) mass is 340 g/mol. The second kappa shape index (κ2) is 7.02. The molecule has 24 heavy (non-hydrogen) atoms. The topological polar surface area (TPSA) is 66.8 Å². The van der Waals surface area contributed by atoms with Gasteiger partial charge in [-0.2, -0.15) is 0 Å². The van der Waals surface area contributed by atoms with Crippen LogP contribution in [0, 0.1) is 0 Å². The van der Waals surface area contributed by atoms with Gasteiger partial charge < -0.3 is 4.52 Å². The molecule has 0 amide bonds. The van der Waals surface area contributed by atoms with Gasteiger partial charge in [0.1, 0.15) is 5.75 Å². The summed E-state index contributed by atoms with van der Waals surface area (Å²) in [5, 5.41) is 0. The fourth-order valence-electron chi connectivity index (χ4n) is 2.70. The van der Waals surface area contributed by atoms with Gasteiger partial charge >= 0.3 is 7.82 Å². The first-order valence-corrected chi connectivity index (χ1v) is 9.02. The Labute approximate surface area is 140 Å². The van der Waals surface area contributed by atoms with Crippen LogP contribution in [0.4, 0.5) is 0 Å². The third-order valence-corrected chi connectivity index (χ3v) is 4.12. The standard InChI is InChI=1S/C13H10.C6H7O4P/c1-3-7-12-10(5-1)9-11-6-2-4-8-13(11)12;7-11(8,9)10-6-4-2-1-3-5-6/h1-8H,9H2;1-5H,(H2,7,8,9). The maximum Gasteiger partial charge on any atom is 0.524 e. The van der Waals surface area contributed by atoms with Crippen molar-refractivity contribution in [1.29, 1.82) is 0 Å². The number of hydrogen-bond acceptors (Lipinski definition) is 2. The minimum atomic E-state index is -4.39. The van der Waals surface area contributed by atoms with Crippen molar-refractivity contribution in [2.24, 2.45) is 0 Å². The van der Waals surface area contributed by atoms with Crippen LogP contribution >= 0.6 is 7.82 Å². The first kappa shape index (κ1) is 16.5. The van der Waals surface area contributed by atoms with Crippen LogP contribution in [0.3, 0.4) is 0 Å². The second-order valence-electron chi connectivity index (χ2n) is 5.39. The molecule has 2 N–H and O–H groups in total. The van der Waals surface area contributed by atoms with Crippen molar-refractivity contribution in [3.05, 3.63) is 90.0 Å². The fraction of sp³-hybridized carbons (Fsp3) is 0.0526. The zero-order chi connectivity index (χ0) is 17.0. The van der Waals surface area contributed by atoms with E-state index in [4.69, 9.17) is 9.79 Å². The Balaban J connectivity index is 0.000000144. The van der Waals surface area contributed by atoms with E-state index in [1.54, 1.807) is 18.2 Å². The van der Waals surface area contributed by atoms with Crippen LogP contribution in [0.2, 0.25) is 0 Å². The molecular weight excluding hydrogens is 323 g/mol. The van der Waals surface area contributed by atoms with Crippen LogP contribution in [0.5, 0.6) is 5.75 Å². The molecule has 4 nitrogen and oxygen atoms in total. The van der Waals surface area contributed by atoms with Gasteiger partial charge in [-0.3, -0.25) is 9.79 Å². The fourth-order valence-corrected chi connectivity index (χ4v) is 3.09. The number of phosphoric ester groups is 1. The van der Waals surface area contributed by atoms with E-state index >= 15 is 0 Å². The largest absolute Gasteiger partial charge is 0.524 e. The summed E-state index contributed by atoms with van der Waals surface area (Å²) in [6.07, 6.45) is 1.10. The van der Waals surface area contributed by atoms with Crippen molar-refractivity contribution in [2.75, 3.05) is 0 Å². The minimum absolute atomic E-state index is 0.167. The second-order valence-corrected chi connectivity index (χ2v) is 6.55. The van der Waals surface area contributed by atoms with E-state index < -0.39 is 7.82 Å². The molecule has 0 heterocycles. The van der Waals surface area contributed by atoms with Crippen molar-refractivity contribution >= 4 is 7.82 Å². The SMILES string of the molecule is O=P(O)(O)Oc1ccccc1.c1ccc2c(c1)Cc1ccccc1-2. The van der Waals surface area contributed by atoms with Gasteiger partial charge in [-0.25, -0.2) is 4.57 Å². The van der Waals surface area contributed by atoms with Gasteiger partial charge in [0.2, 0.25) is 0 Å². The van der Waals surface area contributed by atoms with Crippen molar-refractivity contribution in [2.45, 2.75) is 6.42 Å². The average molecular weight is 340 g/mol. The van der Waals surface area contributed by atoms with Gasteiger partial charge in [0.05, 0.1) is 0 Å². The van der Waals surface area contributed by atoms with E-state index in [2.05, 4.69) is 53.1 Å². The van der Waals surface area contributed by atoms with Gasteiger partial charge in [-0.05, 0) is 40.8 Å². The normalized spacial score (nSPS) is 11.8. The molecule has 0 unspecified atom stereocenters. The highest BCUT2D eigenvalue weighted by Crippen LogP contribution is 2.37. The van der Waals surface area contributed by atoms with E-state index in [0.29, 0.717) is 0 Å². The lowest BCUT2D eigenvalue weighted by atomic mass is 10.1. The maximum atomic E-state index is 10.3. The van der Waals surface area contributed by atoms with Crippen molar-refractivity contribution in [3.63, 3.8) is 0 Å². The Hall–Kier alpha value is -2.39. The zero-order valence-corrected chi connectivity index (χ0v) is 13.8. The highest BCUT2D eigenvalue weighted by atomic mass is 31.2. The van der Waals surface area contributed by atoms with Crippen LogP contribution in [0.15, 0.2) is 78.9 Å². The number of fused-ring (bicyclic) bond motifs is 3. The molecule has 0 spiro atoms. The van der Waals surface area contributed by atoms with Crippen LogP contribution < -0.4 is 4.52 Å². The molecule has 0 fully saturated rings. The molecule has 0 aliphatic heterocycles. The van der Waals surface area contributed by atoms with Crippen molar-refractivity contribution in [1.82, 2.24) is 0 Å². The van der Waals surface area contributed by atoms with Gasteiger partial charge in [0.25, 0.3) is 0 Å². The quantitative estimate of drug-likeness (QED) is 0.530. The molecule has 1 aliphatic rings. The molecule has 122 valence electrons. The molecule has 3 aromatic carbocycles. The smallest absolute Gasteiger partial charge is 0.404 e. The van der Waals surface area contributed by atoms with Gasteiger partial charge in [0, 0.05) is 0 Å². The van der Waals surface area contributed by atoms with E-state index in [1.165, 1.54) is 34.4 Å². The lowest BCUT2D eigenvalue weighted by molar-refractivity contribution is 0.283. The first-order valence-electron chi connectivity index (χ1n) is 7.49. The molecule has 0 saturated heterocycles. The summed E-state index contributed by atoms with van der Waals surface area (Å²) in [6.45, 7) is 0. The highest BCUT2D eigenvalue weighted by molar-refractivity contribution is 7.46. The van der Waals surface area contributed by atoms with E-state index in [1.807, 2.05) is 0 Å². The number of hydrogen-bond donors (Lipinski definition) is 2. The van der Waals surface area contributed by atoms with E-state index in [-0.39, 0.29) is 5.75 Å². The predicted octanol–water partition coefficient (Wildman–Crippen LogP) is 4.42. The minimum Gasteiger partial charge on any atom is -0.404 e. The number of phosphoric acid groups is 1. The summed E-state index contributed by atoms with van der Waals surface area (Å²) >= 11 is 0. The first-order chi connectivity index (χ1) is 11.5. The van der Waals surface area contributed by atoms with Crippen LogP contribution in [-0.4, -0.2) is 9.79 Å². The average Bonchev–Trinajstić information content (AvgIpc) is 2.93. The summed E-state index contributed by atoms with van der Waals surface area (Å²) in [4.78, 5) is 16.7. The van der Waals surface area contributed by atoms with Crippen LogP contribution in [-0.2, 0) is 11.0 Å². The van der Waals surface area contributed by atoms with Gasteiger partial charge in [-0.1, -0.05) is 66.7 Å². The molecular formula is C19H17O4P. The maximum absolute atomic E-state index is 10.3. The molecule has 3 aromatic rings. The molecule has 0 bridgehead atoms. The lowest BCUT2D eigenvalue weighted by Gasteiger charge is -2.04. The lowest BCUT2D eigenvalue weighted by Crippen LogP contribution is -1.88. The highest BCUT2D eigenvalue weighted by Gasteiger charge is 2.16. The molecule has 5 heteroatoms. The predicted molar refractivity (Wildman–Crippen MR) is 93.8 cm³/mol. The summed E-state index contributed by atoms with van der Waals surface area (Å²) in [7, 11) is -4.39. The summed E-state index contributed by atoms with van der Waals surface area (Å²) in [5.41, 5.74) is 5.75. The summed E-state index contributed by atoms with van der Waals surface area (Å²) < 4.78 is 14.5. The third-order valence-electron chi connectivity index (χ3n) is 3.67. The Kier molecular flexibility index (Phi) is 4.81.